The second kappa shape index (κ2) is 5.49. The third-order valence-electron chi connectivity index (χ3n) is 4.36. The van der Waals surface area contributed by atoms with Crippen molar-refractivity contribution in [2.75, 3.05) is 25.4 Å². The largest absolute Gasteiger partial charge is 0.398 e. The Morgan fingerprint density at radius 1 is 1.37 bits per heavy atom. The molecule has 1 aliphatic carbocycles. The average Bonchev–Trinajstić information content (AvgIpc) is 2.88. The summed E-state index contributed by atoms with van der Waals surface area (Å²) in [6.45, 7) is 2.34. The van der Waals surface area contributed by atoms with Crippen LogP contribution in [0.25, 0.3) is 0 Å². The highest BCUT2D eigenvalue weighted by atomic mass is 16.5. The molecule has 1 aromatic carbocycles. The van der Waals surface area contributed by atoms with Gasteiger partial charge in [0.25, 0.3) is 0 Å². The van der Waals surface area contributed by atoms with E-state index in [1.54, 1.807) is 0 Å². The Hall–Kier alpha value is -1.10. The zero-order chi connectivity index (χ0) is 13.2. The van der Waals surface area contributed by atoms with Gasteiger partial charge >= 0.3 is 0 Å². The molecule has 2 fully saturated rings. The Balaban J connectivity index is 1.69. The predicted octanol–water partition coefficient (Wildman–Crippen LogP) is 1.56. The first-order valence-corrected chi connectivity index (χ1v) is 7.14. The van der Waals surface area contributed by atoms with E-state index in [0.29, 0.717) is 24.4 Å². The maximum absolute atomic E-state index is 10.4. The highest BCUT2D eigenvalue weighted by Crippen LogP contribution is 2.31. The van der Waals surface area contributed by atoms with E-state index in [-0.39, 0.29) is 0 Å². The van der Waals surface area contributed by atoms with Crippen LogP contribution in [-0.2, 0) is 4.74 Å². The third-order valence-corrected chi connectivity index (χ3v) is 4.36. The monoisotopic (exact) mass is 262 g/mol. The number of hydrogen-bond acceptors (Lipinski definition) is 4. The van der Waals surface area contributed by atoms with Gasteiger partial charge in [-0.3, -0.25) is 4.90 Å². The molecule has 0 bridgehead atoms. The molecule has 0 radical (unpaired) electrons. The van der Waals surface area contributed by atoms with Gasteiger partial charge in [0.05, 0.1) is 18.8 Å². The standard InChI is InChI=1S/C15H22N2O2/c16-12-5-2-1-4-11(12)14(18)10-17-8-9-19-15-7-3-6-13(15)17/h1-2,4-5,13-15,18H,3,6-10,16H2. The van der Waals surface area contributed by atoms with Crippen molar-refractivity contribution < 1.29 is 9.84 Å². The normalized spacial score (nSPS) is 29.1. The fourth-order valence-electron chi connectivity index (χ4n) is 3.37. The van der Waals surface area contributed by atoms with Crippen LogP contribution in [0.1, 0.15) is 30.9 Å². The maximum Gasteiger partial charge on any atom is 0.0936 e. The summed E-state index contributed by atoms with van der Waals surface area (Å²) < 4.78 is 5.80. The minimum atomic E-state index is -0.513. The first kappa shape index (κ1) is 12.9. The van der Waals surface area contributed by atoms with Crippen molar-refractivity contribution in [2.45, 2.75) is 37.5 Å². The molecular formula is C15H22N2O2. The van der Waals surface area contributed by atoms with Crippen LogP contribution < -0.4 is 5.73 Å². The third kappa shape index (κ3) is 2.61. The predicted molar refractivity (Wildman–Crippen MR) is 74.8 cm³/mol. The molecule has 4 heteroatoms. The molecule has 1 saturated heterocycles. The summed E-state index contributed by atoms with van der Waals surface area (Å²) in [4.78, 5) is 2.37. The molecule has 1 aromatic rings. The van der Waals surface area contributed by atoms with Gasteiger partial charge in [-0.2, -0.15) is 0 Å². The van der Waals surface area contributed by atoms with Crippen LogP contribution in [0.3, 0.4) is 0 Å². The van der Waals surface area contributed by atoms with Crippen LogP contribution in [-0.4, -0.2) is 41.8 Å². The molecule has 0 spiro atoms. The SMILES string of the molecule is Nc1ccccc1C(O)CN1CCOC2CCCC21. The number of benzene rings is 1. The first-order valence-electron chi connectivity index (χ1n) is 7.14. The van der Waals surface area contributed by atoms with Gasteiger partial charge in [-0.25, -0.2) is 0 Å². The molecule has 0 aromatic heterocycles. The van der Waals surface area contributed by atoms with Crippen molar-refractivity contribution in [1.29, 1.82) is 0 Å². The van der Waals surface area contributed by atoms with Gasteiger partial charge in [0.15, 0.2) is 0 Å². The molecule has 1 heterocycles. The van der Waals surface area contributed by atoms with Gasteiger partial charge in [0, 0.05) is 30.4 Å². The molecular weight excluding hydrogens is 240 g/mol. The van der Waals surface area contributed by atoms with Gasteiger partial charge < -0.3 is 15.6 Å². The van der Waals surface area contributed by atoms with Crippen LogP contribution >= 0.6 is 0 Å². The van der Waals surface area contributed by atoms with Gasteiger partial charge in [-0.05, 0) is 25.3 Å². The second-order valence-electron chi connectivity index (χ2n) is 5.55. The van der Waals surface area contributed by atoms with E-state index >= 15 is 0 Å². The lowest BCUT2D eigenvalue weighted by atomic mass is 10.0. The lowest BCUT2D eigenvalue weighted by Gasteiger charge is -2.38. The molecule has 1 saturated carbocycles. The van der Waals surface area contributed by atoms with Crippen molar-refractivity contribution in [1.82, 2.24) is 4.90 Å². The zero-order valence-corrected chi connectivity index (χ0v) is 11.2. The Kier molecular flexibility index (Phi) is 3.73. The highest BCUT2D eigenvalue weighted by molar-refractivity contribution is 5.47. The van der Waals surface area contributed by atoms with Crippen molar-refractivity contribution in [2.24, 2.45) is 0 Å². The molecule has 1 aliphatic heterocycles. The number of morpholine rings is 1. The van der Waals surface area contributed by atoms with Gasteiger partial charge in [-0.1, -0.05) is 18.2 Å². The lowest BCUT2D eigenvalue weighted by Crippen LogP contribution is -2.49. The number of nitrogen functional groups attached to an aromatic ring is 1. The number of aliphatic hydroxyl groups excluding tert-OH is 1. The number of anilines is 1. The topological polar surface area (TPSA) is 58.7 Å². The van der Waals surface area contributed by atoms with E-state index < -0.39 is 6.10 Å². The molecule has 2 aliphatic rings. The Labute approximate surface area is 114 Å². The average molecular weight is 262 g/mol. The number of hydrogen-bond donors (Lipinski definition) is 2. The number of para-hydroxylation sites is 1. The van der Waals surface area contributed by atoms with E-state index in [1.807, 2.05) is 24.3 Å². The minimum absolute atomic E-state index is 0.370. The molecule has 0 amide bonds. The van der Waals surface area contributed by atoms with Gasteiger partial charge in [0.2, 0.25) is 0 Å². The molecule has 3 atom stereocenters. The van der Waals surface area contributed by atoms with Gasteiger partial charge in [0.1, 0.15) is 0 Å². The van der Waals surface area contributed by atoms with Gasteiger partial charge in [-0.15, -0.1) is 0 Å². The van der Waals surface area contributed by atoms with Crippen LogP contribution in [0.15, 0.2) is 24.3 Å². The number of fused-ring (bicyclic) bond motifs is 1. The summed E-state index contributed by atoms with van der Waals surface area (Å²) in [5.74, 6) is 0. The van der Waals surface area contributed by atoms with Crippen molar-refractivity contribution in [3.8, 4) is 0 Å². The maximum atomic E-state index is 10.4. The number of β-amino-alcohol motifs (C(OH)–C–C–N with tert-alkyl or cyclic N) is 1. The minimum Gasteiger partial charge on any atom is -0.398 e. The smallest absolute Gasteiger partial charge is 0.0936 e. The summed E-state index contributed by atoms with van der Waals surface area (Å²) >= 11 is 0. The molecule has 4 nitrogen and oxygen atoms in total. The van der Waals surface area contributed by atoms with E-state index in [2.05, 4.69) is 4.90 Å². The summed E-state index contributed by atoms with van der Waals surface area (Å²) in [6.07, 6.45) is 3.43. The summed E-state index contributed by atoms with van der Waals surface area (Å²) in [7, 11) is 0. The van der Waals surface area contributed by atoms with Crippen LogP contribution in [0.4, 0.5) is 5.69 Å². The zero-order valence-electron chi connectivity index (χ0n) is 11.2. The number of ether oxygens (including phenoxy) is 1. The van der Waals surface area contributed by atoms with Crippen molar-refractivity contribution in [3.63, 3.8) is 0 Å². The highest BCUT2D eigenvalue weighted by Gasteiger charge is 2.36. The van der Waals surface area contributed by atoms with E-state index in [1.165, 1.54) is 12.8 Å². The van der Waals surface area contributed by atoms with Crippen molar-refractivity contribution >= 4 is 5.69 Å². The summed E-state index contributed by atoms with van der Waals surface area (Å²) in [5.41, 5.74) is 7.44. The van der Waals surface area contributed by atoms with E-state index in [9.17, 15) is 5.11 Å². The Morgan fingerprint density at radius 3 is 3.05 bits per heavy atom. The number of nitrogens with zero attached hydrogens (tertiary/aromatic N) is 1. The quantitative estimate of drug-likeness (QED) is 0.812. The summed E-state index contributed by atoms with van der Waals surface area (Å²) in [5, 5.41) is 10.4. The van der Waals surface area contributed by atoms with Crippen LogP contribution in [0.5, 0.6) is 0 Å². The fourth-order valence-corrected chi connectivity index (χ4v) is 3.37. The molecule has 3 rings (SSSR count). The van der Waals surface area contributed by atoms with E-state index in [4.69, 9.17) is 10.5 Å². The molecule has 19 heavy (non-hydrogen) atoms. The first-order chi connectivity index (χ1) is 9.25. The van der Waals surface area contributed by atoms with Crippen LogP contribution in [0.2, 0.25) is 0 Å². The summed E-state index contributed by atoms with van der Waals surface area (Å²) in [6, 6.07) is 8.05. The Morgan fingerprint density at radius 2 is 2.21 bits per heavy atom. The van der Waals surface area contributed by atoms with Crippen LogP contribution in [0, 0.1) is 0 Å². The number of nitrogens with two attached hydrogens (primary N) is 1. The molecule has 3 unspecified atom stereocenters. The van der Waals surface area contributed by atoms with E-state index in [0.717, 1.165) is 25.1 Å². The second-order valence-corrected chi connectivity index (χ2v) is 5.55. The molecule has 3 N–H and O–H groups in total. The van der Waals surface area contributed by atoms with Crippen molar-refractivity contribution in [3.05, 3.63) is 29.8 Å². The lowest BCUT2D eigenvalue weighted by molar-refractivity contribution is -0.0674. The number of aliphatic hydroxyl groups is 1. The molecule has 104 valence electrons. The number of rotatable bonds is 3. The fraction of sp³-hybridized carbons (Fsp3) is 0.600. The Bertz CT molecular complexity index is 438.